The monoisotopic (exact) mass is 354 g/mol. The highest BCUT2D eigenvalue weighted by Gasteiger charge is 2.21. The standard InChI is InChI=1S/C15H15FN2O3S2/c16-10-5-7-11(8-6-10)23(20,21)9-14(19)18-15-17-12-3-1-2-4-13(12)22-15/h5-8H,1-4,9H2,(H,17,18,19). The van der Waals surface area contributed by atoms with Crippen LogP contribution in [0.3, 0.4) is 0 Å². The summed E-state index contributed by atoms with van der Waals surface area (Å²) in [6, 6.07) is 4.42. The van der Waals surface area contributed by atoms with E-state index >= 15 is 0 Å². The molecule has 1 heterocycles. The summed E-state index contributed by atoms with van der Waals surface area (Å²) >= 11 is 1.40. The van der Waals surface area contributed by atoms with Crippen LogP contribution in [-0.2, 0) is 27.5 Å². The molecular weight excluding hydrogens is 339 g/mol. The van der Waals surface area contributed by atoms with E-state index in [-0.39, 0.29) is 4.90 Å². The van der Waals surface area contributed by atoms with Crippen molar-refractivity contribution in [1.29, 1.82) is 0 Å². The van der Waals surface area contributed by atoms with E-state index in [1.54, 1.807) is 0 Å². The van der Waals surface area contributed by atoms with Gasteiger partial charge >= 0.3 is 0 Å². The maximum atomic E-state index is 12.9. The fourth-order valence-corrected chi connectivity index (χ4v) is 4.66. The SMILES string of the molecule is O=C(CS(=O)(=O)c1ccc(F)cc1)Nc1nc2c(s1)CCCC2. The Morgan fingerprint density at radius 2 is 1.91 bits per heavy atom. The zero-order valence-corrected chi connectivity index (χ0v) is 13.8. The summed E-state index contributed by atoms with van der Waals surface area (Å²) in [5.74, 6) is -1.86. The lowest BCUT2D eigenvalue weighted by molar-refractivity contribution is -0.113. The smallest absolute Gasteiger partial charge is 0.241 e. The van der Waals surface area contributed by atoms with Gasteiger partial charge < -0.3 is 5.32 Å². The van der Waals surface area contributed by atoms with E-state index < -0.39 is 27.3 Å². The van der Waals surface area contributed by atoms with Crippen molar-refractivity contribution in [2.24, 2.45) is 0 Å². The van der Waals surface area contributed by atoms with Crippen LogP contribution in [0.25, 0.3) is 0 Å². The summed E-state index contributed by atoms with van der Waals surface area (Å²) in [6.07, 6.45) is 4.05. The molecule has 1 aromatic heterocycles. The summed E-state index contributed by atoms with van der Waals surface area (Å²) in [7, 11) is -3.80. The normalized spacial score (nSPS) is 14.3. The average Bonchev–Trinajstić information content (AvgIpc) is 2.88. The Bertz CT molecular complexity index is 805. The third kappa shape index (κ3) is 3.76. The molecule has 23 heavy (non-hydrogen) atoms. The maximum Gasteiger partial charge on any atom is 0.241 e. The van der Waals surface area contributed by atoms with Crippen molar-refractivity contribution in [1.82, 2.24) is 4.98 Å². The summed E-state index contributed by atoms with van der Waals surface area (Å²) in [6.45, 7) is 0. The first-order valence-electron chi connectivity index (χ1n) is 7.21. The summed E-state index contributed by atoms with van der Waals surface area (Å²) in [5, 5.41) is 2.99. The Labute approximate surface area is 137 Å². The molecule has 1 aliphatic rings. The fourth-order valence-electron chi connectivity index (χ4n) is 2.46. The predicted octanol–water partition coefficient (Wildman–Crippen LogP) is 2.57. The molecule has 0 bridgehead atoms. The molecule has 1 aliphatic carbocycles. The third-order valence-electron chi connectivity index (χ3n) is 3.59. The van der Waals surface area contributed by atoms with Crippen molar-refractivity contribution in [2.75, 3.05) is 11.1 Å². The zero-order chi connectivity index (χ0) is 16.4. The molecule has 5 nitrogen and oxygen atoms in total. The number of nitrogens with one attached hydrogen (secondary N) is 1. The van der Waals surface area contributed by atoms with Gasteiger partial charge in [0.1, 0.15) is 11.6 Å². The van der Waals surface area contributed by atoms with Crippen molar-refractivity contribution in [2.45, 2.75) is 30.6 Å². The van der Waals surface area contributed by atoms with Gasteiger partial charge in [0.15, 0.2) is 15.0 Å². The van der Waals surface area contributed by atoms with Gasteiger partial charge in [-0.3, -0.25) is 4.79 Å². The largest absolute Gasteiger partial charge is 0.301 e. The number of halogens is 1. The number of aromatic nitrogens is 1. The topological polar surface area (TPSA) is 76.1 Å². The maximum absolute atomic E-state index is 12.9. The van der Waals surface area contributed by atoms with Crippen molar-refractivity contribution < 1.29 is 17.6 Å². The summed E-state index contributed by atoms with van der Waals surface area (Å²) in [4.78, 5) is 17.4. The van der Waals surface area contributed by atoms with Crippen LogP contribution in [-0.4, -0.2) is 25.1 Å². The second-order valence-corrected chi connectivity index (χ2v) is 8.43. The number of nitrogens with zero attached hydrogens (tertiary/aromatic N) is 1. The first kappa shape index (κ1) is 16.1. The molecule has 1 aromatic carbocycles. The lowest BCUT2D eigenvalue weighted by atomic mass is 10.0. The Balaban J connectivity index is 1.69. The number of hydrogen-bond acceptors (Lipinski definition) is 5. The molecule has 0 aliphatic heterocycles. The van der Waals surface area contributed by atoms with Crippen LogP contribution in [0.4, 0.5) is 9.52 Å². The number of sulfone groups is 1. The van der Waals surface area contributed by atoms with Gasteiger partial charge in [0.05, 0.1) is 10.6 Å². The molecule has 122 valence electrons. The molecule has 0 fully saturated rings. The van der Waals surface area contributed by atoms with E-state index in [1.807, 2.05) is 0 Å². The van der Waals surface area contributed by atoms with Crippen molar-refractivity contribution in [3.63, 3.8) is 0 Å². The lowest BCUT2D eigenvalue weighted by Gasteiger charge is -2.06. The van der Waals surface area contributed by atoms with Crippen molar-refractivity contribution >= 4 is 32.2 Å². The van der Waals surface area contributed by atoms with Crippen LogP contribution in [0.15, 0.2) is 29.2 Å². The zero-order valence-electron chi connectivity index (χ0n) is 12.2. The van der Waals surface area contributed by atoms with Crippen LogP contribution >= 0.6 is 11.3 Å². The van der Waals surface area contributed by atoms with Crippen LogP contribution in [0.5, 0.6) is 0 Å². The molecule has 8 heteroatoms. The Morgan fingerprint density at radius 1 is 1.22 bits per heavy atom. The van der Waals surface area contributed by atoms with Gasteiger partial charge in [-0.15, -0.1) is 11.3 Å². The first-order chi connectivity index (χ1) is 10.9. The van der Waals surface area contributed by atoms with Gasteiger partial charge in [-0.25, -0.2) is 17.8 Å². The second-order valence-electron chi connectivity index (χ2n) is 5.36. The highest BCUT2D eigenvalue weighted by atomic mass is 32.2. The number of carbonyl (C=O) groups is 1. The number of rotatable bonds is 4. The minimum absolute atomic E-state index is 0.0764. The highest BCUT2D eigenvalue weighted by molar-refractivity contribution is 7.92. The second kappa shape index (κ2) is 6.37. The van der Waals surface area contributed by atoms with E-state index in [9.17, 15) is 17.6 Å². The van der Waals surface area contributed by atoms with Crippen LogP contribution < -0.4 is 5.32 Å². The molecule has 3 rings (SSSR count). The number of amides is 1. The number of carbonyl (C=O) groups excluding carboxylic acids is 1. The molecule has 0 saturated carbocycles. The van der Waals surface area contributed by atoms with Gasteiger partial charge in [0, 0.05) is 4.88 Å². The highest BCUT2D eigenvalue weighted by Crippen LogP contribution is 2.29. The predicted molar refractivity (Wildman–Crippen MR) is 85.8 cm³/mol. The molecule has 0 unspecified atom stereocenters. The summed E-state index contributed by atoms with van der Waals surface area (Å²) < 4.78 is 37.1. The number of aryl methyl sites for hydroxylation is 2. The number of anilines is 1. The summed E-state index contributed by atoms with van der Waals surface area (Å²) in [5.41, 5.74) is 0.998. The Morgan fingerprint density at radius 3 is 2.61 bits per heavy atom. The molecule has 2 aromatic rings. The lowest BCUT2D eigenvalue weighted by Crippen LogP contribution is -2.23. The molecule has 0 atom stereocenters. The molecule has 1 N–H and O–H groups in total. The van der Waals surface area contributed by atoms with Crippen LogP contribution in [0.1, 0.15) is 23.4 Å². The van der Waals surface area contributed by atoms with Gasteiger partial charge in [-0.1, -0.05) is 0 Å². The van der Waals surface area contributed by atoms with Gasteiger partial charge in [0.25, 0.3) is 0 Å². The number of benzene rings is 1. The minimum Gasteiger partial charge on any atom is -0.301 e. The Hall–Kier alpha value is -1.80. The van der Waals surface area contributed by atoms with Gasteiger partial charge in [0.2, 0.25) is 5.91 Å². The number of fused-ring (bicyclic) bond motifs is 1. The minimum atomic E-state index is -3.80. The van der Waals surface area contributed by atoms with Crippen LogP contribution in [0, 0.1) is 5.82 Å². The molecule has 0 saturated heterocycles. The van der Waals surface area contributed by atoms with E-state index in [2.05, 4.69) is 10.3 Å². The van der Waals surface area contributed by atoms with E-state index in [0.717, 1.165) is 60.5 Å². The van der Waals surface area contributed by atoms with E-state index in [0.29, 0.717) is 5.13 Å². The fraction of sp³-hybridized carbons (Fsp3) is 0.333. The molecular formula is C15H15FN2O3S2. The quantitative estimate of drug-likeness (QED) is 0.856. The van der Waals surface area contributed by atoms with Gasteiger partial charge in [-0.05, 0) is 49.9 Å². The van der Waals surface area contributed by atoms with E-state index in [4.69, 9.17) is 0 Å². The first-order valence-corrected chi connectivity index (χ1v) is 9.68. The van der Waals surface area contributed by atoms with Crippen LogP contribution in [0.2, 0.25) is 0 Å². The Kier molecular flexibility index (Phi) is 4.45. The number of hydrogen-bond donors (Lipinski definition) is 1. The average molecular weight is 354 g/mol. The number of thiazole rings is 1. The van der Waals surface area contributed by atoms with Crippen molar-refractivity contribution in [3.05, 3.63) is 40.7 Å². The molecule has 1 amide bonds. The molecule has 0 spiro atoms. The molecule has 0 radical (unpaired) electrons. The van der Waals surface area contributed by atoms with Gasteiger partial charge in [-0.2, -0.15) is 0 Å². The van der Waals surface area contributed by atoms with Crippen molar-refractivity contribution in [3.8, 4) is 0 Å². The third-order valence-corrected chi connectivity index (χ3v) is 6.29. The van der Waals surface area contributed by atoms with E-state index in [1.165, 1.54) is 11.3 Å².